The van der Waals surface area contributed by atoms with Gasteiger partial charge in [0.15, 0.2) is 0 Å². The maximum absolute atomic E-state index is 12.0. The van der Waals surface area contributed by atoms with Crippen molar-refractivity contribution in [2.24, 2.45) is 11.7 Å². The smallest absolute Gasteiger partial charge is 0.224 e. The predicted molar refractivity (Wildman–Crippen MR) is 68.3 cm³/mol. The van der Waals surface area contributed by atoms with Crippen molar-refractivity contribution < 1.29 is 4.79 Å². The van der Waals surface area contributed by atoms with Crippen molar-refractivity contribution in [3.63, 3.8) is 0 Å². The monoisotopic (exact) mass is 232 g/mol. The van der Waals surface area contributed by atoms with Crippen molar-refractivity contribution in [1.82, 2.24) is 4.90 Å². The molecule has 2 rings (SSSR count). The van der Waals surface area contributed by atoms with E-state index < -0.39 is 0 Å². The first kappa shape index (κ1) is 12.1. The lowest BCUT2D eigenvalue weighted by atomic mass is 10.0. The van der Waals surface area contributed by atoms with Gasteiger partial charge in [-0.25, -0.2) is 0 Å². The van der Waals surface area contributed by atoms with Gasteiger partial charge in [-0.15, -0.1) is 0 Å². The van der Waals surface area contributed by atoms with Gasteiger partial charge in [-0.3, -0.25) is 4.79 Å². The van der Waals surface area contributed by atoms with Crippen molar-refractivity contribution in [3.8, 4) is 0 Å². The summed E-state index contributed by atoms with van der Waals surface area (Å²) in [7, 11) is 0. The Kier molecular flexibility index (Phi) is 3.79. The molecule has 0 aromatic heterocycles. The highest BCUT2D eigenvalue weighted by atomic mass is 16.2. The molecule has 2 atom stereocenters. The molecule has 1 aromatic carbocycles. The molecule has 2 N–H and O–H groups in total. The van der Waals surface area contributed by atoms with E-state index in [2.05, 4.69) is 6.92 Å². The first-order valence-electron chi connectivity index (χ1n) is 6.25. The molecule has 2 unspecified atom stereocenters. The number of nitrogens with two attached hydrogens (primary N) is 1. The van der Waals surface area contributed by atoms with E-state index in [1.807, 2.05) is 35.2 Å². The van der Waals surface area contributed by atoms with E-state index in [9.17, 15) is 4.79 Å². The zero-order valence-electron chi connectivity index (χ0n) is 10.3. The van der Waals surface area contributed by atoms with Gasteiger partial charge < -0.3 is 10.6 Å². The van der Waals surface area contributed by atoms with Gasteiger partial charge in [0, 0.05) is 25.6 Å². The van der Waals surface area contributed by atoms with Crippen LogP contribution in [-0.2, 0) is 4.79 Å². The van der Waals surface area contributed by atoms with Crippen LogP contribution in [0.25, 0.3) is 0 Å². The van der Waals surface area contributed by atoms with Crippen molar-refractivity contribution >= 4 is 5.91 Å². The topological polar surface area (TPSA) is 46.3 Å². The largest absolute Gasteiger partial charge is 0.342 e. The molecule has 1 aromatic rings. The van der Waals surface area contributed by atoms with Crippen LogP contribution in [0.2, 0.25) is 0 Å². The molecular formula is C14H20N2O. The van der Waals surface area contributed by atoms with Crippen LogP contribution in [0.15, 0.2) is 30.3 Å². The Morgan fingerprint density at radius 1 is 1.47 bits per heavy atom. The van der Waals surface area contributed by atoms with Crippen LogP contribution in [0, 0.1) is 5.92 Å². The first-order valence-corrected chi connectivity index (χ1v) is 6.25. The Balaban J connectivity index is 1.91. The molecule has 1 fully saturated rings. The normalized spacial score (nSPS) is 21.5. The molecule has 1 aliphatic rings. The van der Waals surface area contributed by atoms with Crippen LogP contribution >= 0.6 is 0 Å². The summed E-state index contributed by atoms with van der Waals surface area (Å²) in [6.07, 6.45) is 1.53. The number of amides is 1. The molecule has 0 aliphatic carbocycles. The van der Waals surface area contributed by atoms with E-state index in [0.717, 1.165) is 25.1 Å². The Labute approximate surface area is 103 Å². The molecule has 17 heavy (non-hydrogen) atoms. The minimum atomic E-state index is -0.181. The Morgan fingerprint density at radius 2 is 2.18 bits per heavy atom. The van der Waals surface area contributed by atoms with Crippen LogP contribution in [0.3, 0.4) is 0 Å². The Morgan fingerprint density at radius 3 is 2.76 bits per heavy atom. The number of benzene rings is 1. The molecule has 1 heterocycles. The second-order valence-corrected chi connectivity index (χ2v) is 4.95. The second-order valence-electron chi connectivity index (χ2n) is 4.95. The van der Waals surface area contributed by atoms with Crippen molar-refractivity contribution in [2.45, 2.75) is 25.8 Å². The zero-order valence-corrected chi connectivity index (χ0v) is 10.3. The number of rotatable bonds is 3. The molecular weight excluding hydrogens is 212 g/mol. The minimum absolute atomic E-state index is 0.181. The third-order valence-corrected chi connectivity index (χ3v) is 3.40. The Bertz CT molecular complexity index is 377. The molecule has 1 aliphatic heterocycles. The number of carbonyl (C=O) groups is 1. The van der Waals surface area contributed by atoms with E-state index in [4.69, 9.17) is 5.73 Å². The molecule has 0 bridgehead atoms. The highest BCUT2D eigenvalue weighted by molar-refractivity contribution is 5.77. The fourth-order valence-corrected chi connectivity index (χ4v) is 2.30. The molecule has 1 amide bonds. The van der Waals surface area contributed by atoms with Crippen LogP contribution in [0.1, 0.15) is 31.4 Å². The van der Waals surface area contributed by atoms with Gasteiger partial charge >= 0.3 is 0 Å². The van der Waals surface area contributed by atoms with Crippen LogP contribution in [-0.4, -0.2) is 23.9 Å². The van der Waals surface area contributed by atoms with Crippen molar-refractivity contribution in [2.75, 3.05) is 13.1 Å². The quantitative estimate of drug-likeness (QED) is 0.865. The summed E-state index contributed by atoms with van der Waals surface area (Å²) >= 11 is 0. The summed E-state index contributed by atoms with van der Waals surface area (Å²) in [5.74, 6) is 0.817. The lowest BCUT2D eigenvalue weighted by Crippen LogP contribution is -2.31. The van der Waals surface area contributed by atoms with E-state index in [0.29, 0.717) is 12.3 Å². The average Bonchev–Trinajstić information content (AvgIpc) is 2.77. The van der Waals surface area contributed by atoms with Gasteiger partial charge in [0.05, 0.1) is 0 Å². The summed E-state index contributed by atoms with van der Waals surface area (Å²) in [6, 6.07) is 9.64. The number of carbonyl (C=O) groups excluding carboxylic acids is 1. The summed E-state index contributed by atoms with van der Waals surface area (Å²) in [4.78, 5) is 14.0. The van der Waals surface area contributed by atoms with Crippen LogP contribution in [0.4, 0.5) is 0 Å². The zero-order chi connectivity index (χ0) is 12.3. The van der Waals surface area contributed by atoms with E-state index in [1.54, 1.807) is 0 Å². The molecule has 92 valence electrons. The standard InChI is InChI=1S/C14H20N2O/c1-11-7-8-16(10-11)14(17)9-13(15)12-5-3-2-4-6-12/h2-6,11,13H,7-10,15H2,1H3. The third-order valence-electron chi connectivity index (χ3n) is 3.40. The predicted octanol–water partition coefficient (Wildman–Crippen LogP) is 1.94. The minimum Gasteiger partial charge on any atom is -0.342 e. The second kappa shape index (κ2) is 5.32. The molecule has 0 radical (unpaired) electrons. The van der Waals surface area contributed by atoms with Gasteiger partial charge in [0.2, 0.25) is 5.91 Å². The van der Waals surface area contributed by atoms with E-state index in [-0.39, 0.29) is 11.9 Å². The highest BCUT2D eigenvalue weighted by Gasteiger charge is 2.24. The van der Waals surface area contributed by atoms with Gasteiger partial charge in [-0.1, -0.05) is 37.3 Å². The summed E-state index contributed by atoms with van der Waals surface area (Å²) in [6.45, 7) is 3.96. The van der Waals surface area contributed by atoms with E-state index >= 15 is 0 Å². The fraction of sp³-hybridized carbons (Fsp3) is 0.500. The summed E-state index contributed by atoms with van der Waals surface area (Å²) in [5, 5.41) is 0. The lowest BCUT2D eigenvalue weighted by molar-refractivity contribution is -0.130. The number of likely N-dealkylation sites (tertiary alicyclic amines) is 1. The molecule has 3 nitrogen and oxygen atoms in total. The SMILES string of the molecule is CC1CCN(C(=O)CC(N)c2ccccc2)C1. The van der Waals surface area contributed by atoms with Gasteiger partial charge in [0.25, 0.3) is 0 Å². The van der Waals surface area contributed by atoms with Crippen LogP contribution < -0.4 is 5.73 Å². The maximum atomic E-state index is 12.0. The molecule has 0 spiro atoms. The van der Waals surface area contributed by atoms with Gasteiger partial charge in [-0.05, 0) is 17.9 Å². The van der Waals surface area contributed by atoms with Gasteiger partial charge in [-0.2, -0.15) is 0 Å². The molecule has 1 saturated heterocycles. The maximum Gasteiger partial charge on any atom is 0.224 e. The number of nitrogens with zero attached hydrogens (tertiary/aromatic N) is 1. The average molecular weight is 232 g/mol. The van der Waals surface area contributed by atoms with Gasteiger partial charge in [0.1, 0.15) is 0 Å². The third kappa shape index (κ3) is 3.07. The number of hydrogen-bond acceptors (Lipinski definition) is 2. The summed E-state index contributed by atoms with van der Waals surface area (Å²) < 4.78 is 0. The highest BCUT2D eigenvalue weighted by Crippen LogP contribution is 2.19. The first-order chi connectivity index (χ1) is 8.16. The van der Waals surface area contributed by atoms with Crippen molar-refractivity contribution in [3.05, 3.63) is 35.9 Å². The molecule has 3 heteroatoms. The Hall–Kier alpha value is -1.35. The lowest BCUT2D eigenvalue weighted by Gasteiger charge is -2.19. The summed E-state index contributed by atoms with van der Waals surface area (Å²) in [5.41, 5.74) is 7.09. The van der Waals surface area contributed by atoms with Crippen LogP contribution in [0.5, 0.6) is 0 Å². The van der Waals surface area contributed by atoms with E-state index in [1.165, 1.54) is 0 Å². The number of hydrogen-bond donors (Lipinski definition) is 1. The van der Waals surface area contributed by atoms with Crippen molar-refractivity contribution in [1.29, 1.82) is 0 Å². The fourth-order valence-electron chi connectivity index (χ4n) is 2.30. The molecule has 0 saturated carbocycles.